The van der Waals surface area contributed by atoms with E-state index in [9.17, 15) is 4.79 Å². The minimum Gasteiger partial charge on any atom is -0.299 e. The van der Waals surface area contributed by atoms with Gasteiger partial charge in [-0.15, -0.1) is 0 Å². The van der Waals surface area contributed by atoms with E-state index in [0.717, 1.165) is 27.0 Å². The van der Waals surface area contributed by atoms with Crippen LogP contribution in [0.4, 0.5) is 0 Å². The van der Waals surface area contributed by atoms with Crippen molar-refractivity contribution in [1.29, 1.82) is 0 Å². The van der Waals surface area contributed by atoms with E-state index in [1.54, 1.807) is 0 Å². The highest BCUT2D eigenvalue weighted by Crippen LogP contribution is 2.18. The van der Waals surface area contributed by atoms with Crippen LogP contribution >= 0.6 is 15.9 Å². The highest BCUT2D eigenvalue weighted by Gasteiger charge is 2.14. The van der Waals surface area contributed by atoms with Gasteiger partial charge in [0.25, 0.3) is 0 Å². The fraction of sp³-hybridized carbons (Fsp3) is 0.333. The van der Waals surface area contributed by atoms with Gasteiger partial charge in [-0.2, -0.15) is 5.10 Å². The number of hydrogen-bond donors (Lipinski definition) is 0. The Hall–Kier alpha value is -1.42. The van der Waals surface area contributed by atoms with Gasteiger partial charge in [-0.3, -0.25) is 9.48 Å². The molecule has 2 rings (SSSR count). The van der Waals surface area contributed by atoms with E-state index in [2.05, 4.69) is 21.0 Å². The van der Waals surface area contributed by atoms with Crippen molar-refractivity contribution in [2.75, 3.05) is 0 Å². The average Bonchev–Trinajstić information content (AvgIpc) is 2.59. The summed E-state index contributed by atoms with van der Waals surface area (Å²) in [5, 5.41) is 4.34. The maximum atomic E-state index is 12.2. The fourth-order valence-electron chi connectivity index (χ4n) is 2.19. The van der Waals surface area contributed by atoms with Crippen molar-refractivity contribution >= 4 is 21.7 Å². The Morgan fingerprint density at radius 1 is 1.26 bits per heavy atom. The molecule has 1 heterocycles. The van der Waals surface area contributed by atoms with Gasteiger partial charge in [-0.1, -0.05) is 34.1 Å². The van der Waals surface area contributed by atoms with Crippen molar-refractivity contribution in [3.8, 4) is 0 Å². The number of carbonyl (C=O) groups is 1. The number of carbonyl (C=O) groups excluding carboxylic acids is 1. The fourth-order valence-corrected chi connectivity index (χ4v) is 2.61. The van der Waals surface area contributed by atoms with E-state index in [1.165, 1.54) is 0 Å². The van der Waals surface area contributed by atoms with Crippen molar-refractivity contribution in [3.63, 3.8) is 0 Å². The summed E-state index contributed by atoms with van der Waals surface area (Å²) in [5.41, 5.74) is 4.10. The SMILES string of the molecule is Cc1nn(C)c(C)c1CC(=O)Cc1ccccc1Br. The molecular weight excluding hydrogens is 304 g/mol. The molecule has 0 aliphatic carbocycles. The van der Waals surface area contributed by atoms with Crippen molar-refractivity contribution < 1.29 is 4.79 Å². The van der Waals surface area contributed by atoms with Crippen molar-refractivity contribution in [2.45, 2.75) is 26.7 Å². The van der Waals surface area contributed by atoms with E-state index in [4.69, 9.17) is 0 Å². The van der Waals surface area contributed by atoms with Gasteiger partial charge < -0.3 is 0 Å². The van der Waals surface area contributed by atoms with E-state index in [0.29, 0.717) is 12.8 Å². The van der Waals surface area contributed by atoms with Crippen LogP contribution in [0.5, 0.6) is 0 Å². The van der Waals surface area contributed by atoms with Crippen LogP contribution in [0.3, 0.4) is 0 Å². The second kappa shape index (κ2) is 5.70. The highest BCUT2D eigenvalue weighted by molar-refractivity contribution is 9.10. The third kappa shape index (κ3) is 3.13. The van der Waals surface area contributed by atoms with Gasteiger partial charge in [0, 0.05) is 35.6 Å². The van der Waals surface area contributed by atoms with Crippen LogP contribution in [0.25, 0.3) is 0 Å². The number of nitrogens with zero attached hydrogens (tertiary/aromatic N) is 2. The van der Waals surface area contributed by atoms with Crippen LogP contribution in [0.1, 0.15) is 22.5 Å². The summed E-state index contributed by atoms with van der Waals surface area (Å²) in [6, 6.07) is 7.84. The molecule has 0 radical (unpaired) electrons. The quantitative estimate of drug-likeness (QED) is 0.867. The second-order valence-corrected chi connectivity index (χ2v) is 5.61. The number of Topliss-reactive ketones (excluding diaryl/α,β-unsaturated/α-hetero) is 1. The lowest BCUT2D eigenvalue weighted by molar-refractivity contribution is -0.117. The normalized spacial score (nSPS) is 10.7. The molecule has 0 aliphatic heterocycles. The third-order valence-corrected chi connectivity index (χ3v) is 4.15. The number of aryl methyl sites for hydroxylation is 2. The molecule has 0 bridgehead atoms. The Morgan fingerprint density at radius 3 is 2.53 bits per heavy atom. The molecule has 4 heteroatoms. The van der Waals surface area contributed by atoms with Crippen LogP contribution in [0.2, 0.25) is 0 Å². The number of hydrogen-bond acceptors (Lipinski definition) is 2. The van der Waals surface area contributed by atoms with Crippen LogP contribution in [-0.2, 0) is 24.7 Å². The minimum atomic E-state index is 0.214. The molecule has 0 N–H and O–H groups in total. The van der Waals surface area contributed by atoms with Gasteiger partial charge in [0.15, 0.2) is 0 Å². The molecule has 0 atom stereocenters. The molecule has 1 aromatic heterocycles. The summed E-state index contributed by atoms with van der Waals surface area (Å²) < 4.78 is 2.82. The lowest BCUT2D eigenvalue weighted by atomic mass is 10.0. The van der Waals surface area contributed by atoms with E-state index < -0.39 is 0 Å². The third-order valence-electron chi connectivity index (χ3n) is 3.38. The van der Waals surface area contributed by atoms with Gasteiger partial charge in [-0.25, -0.2) is 0 Å². The first-order valence-corrected chi connectivity index (χ1v) is 7.02. The molecule has 0 aliphatic rings. The first-order chi connectivity index (χ1) is 8.99. The van der Waals surface area contributed by atoms with E-state index >= 15 is 0 Å². The largest absolute Gasteiger partial charge is 0.299 e. The Balaban J connectivity index is 2.12. The van der Waals surface area contributed by atoms with Crippen LogP contribution < -0.4 is 0 Å². The topological polar surface area (TPSA) is 34.9 Å². The van der Waals surface area contributed by atoms with Gasteiger partial charge >= 0.3 is 0 Å². The van der Waals surface area contributed by atoms with Crippen LogP contribution in [0.15, 0.2) is 28.7 Å². The van der Waals surface area contributed by atoms with Gasteiger partial charge in [0.05, 0.1) is 5.69 Å². The second-order valence-electron chi connectivity index (χ2n) is 4.76. The lowest BCUT2D eigenvalue weighted by Crippen LogP contribution is -2.08. The first-order valence-electron chi connectivity index (χ1n) is 6.23. The summed E-state index contributed by atoms with van der Waals surface area (Å²) >= 11 is 3.47. The predicted octanol–water partition coefficient (Wildman–Crippen LogP) is 3.15. The summed E-state index contributed by atoms with van der Waals surface area (Å²) in [6.45, 7) is 3.95. The highest BCUT2D eigenvalue weighted by atomic mass is 79.9. The number of benzene rings is 1. The minimum absolute atomic E-state index is 0.214. The molecule has 19 heavy (non-hydrogen) atoms. The maximum absolute atomic E-state index is 12.2. The zero-order valence-electron chi connectivity index (χ0n) is 11.4. The molecule has 0 spiro atoms. The van der Waals surface area contributed by atoms with Gasteiger partial charge in [0.1, 0.15) is 5.78 Å². The molecule has 0 unspecified atom stereocenters. The number of rotatable bonds is 4. The smallest absolute Gasteiger partial charge is 0.141 e. The zero-order chi connectivity index (χ0) is 14.0. The molecule has 2 aromatic rings. The molecule has 0 saturated heterocycles. The Morgan fingerprint density at radius 2 is 1.95 bits per heavy atom. The number of halogens is 1. The Labute approximate surface area is 121 Å². The standard InChI is InChI=1S/C15H17BrN2O/c1-10-14(11(2)18(3)17-10)9-13(19)8-12-6-4-5-7-15(12)16/h4-7H,8-9H2,1-3H3. The molecule has 0 amide bonds. The molecule has 0 saturated carbocycles. The molecule has 0 fully saturated rings. The van der Waals surface area contributed by atoms with Gasteiger partial charge in [-0.05, 0) is 25.5 Å². The number of ketones is 1. The summed E-state index contributed by atoms with van der Waals surface area (Å²) in [7, 11) is 1.91. The van der Waals surface area contributed by atoms with Crippen molar-refractivity contribution in [1.82, 2.24) is 9.78 Å². The predicted molar refractivity (Wildman–Crippen MR) is 79.2 cm³/mol. The van der Waals surface area contributed by atoms with Crippen LogP contribution in [-0.4, -0.2) is 15.6 Å². The molecular formula is C15H17BrN2O. The van der Waals surface area contributed by atoms with Crippen molar-refractivity contribution in [3.05, 3.63) is 51.3 Å². The first kappa shape index (κ1) is 14.0. The average molecular weight is 321 g/mol. The summed E-state index contributed by atoms with van der Waals surface area (Å²) in [5.74, 6) is 0.214. The summed E-state index contributed by atoms with van der Waals surface area (Å²) in [6.07, 6.45) is 0.905. The Bertz CT molecular complexity index is 617. The molecule has 3 nitrogen and oxygen atoms in total. The van der Waals surface area contributed by atoms with E-state index in [1.807, 2.05) is 49.8 Å². The molecule has 100 valence electrons. The monoisotopic (exact) mass is 320 g/mol. The zero-order valence-corrected chi connectivity index (χ0v) is 13.0. The lowest BCUT2D eigenvalue weighted by Gasteiger charge is -2.04. The summed E-state index contributed by atoms with van der Waals surface area (Å²) in [4.78, 5) is 12.2. The van der Waals surface area contributed by atoms with Gasteiger partial charge in [0.2, 0.25) is 0 Å². The van der Waals surface area contributed by atoms with Crippen molar-refractivity contribution in [2.24, 2.45) is 7.05 Å². The Kier molecular flexibility index (Phi) is 4.20. The van der Waals surface area contributed by atoms with E-state index in [-0.39, 0.29) is 5.78 Å². The van der Waals surface area contributed by atoms with Crippen LogP contribution in [0, 0.1) is 13.8 Å². The maximum Gasteiger partial charge on any atom is 0.141 e. The number of aromatic nitrogens is 2. The molecule has 1 aromatic carbocycles.